The van der Waals surface area contributed by atoms with Crippen LogP contribution in [0.3, 0.4) is 0 Å². The first-order valence-corrected chi connectivity index (χ1v) is 6.97. The van der Waals surface area contributed by atoms with Crippen molar-refractivity contribution in [2.45, 2.75) is 32.4 Å². The van der Waals surface area contributed by atoms with E-state index in [2.05, 4.69) is 33.9 Å². The summed E-state index contributed by atoms with van der Waals surface area (Å²) in [6.45, 7) is 7.19. The molecule has 2 rings (SSSR count). The average molecular weight is 263 g/mol. The van der Waals surface area contributed by atoms with Crippen LogP contribution in [0.2, 0.25) is 0 Å². The van der Waals surface area contributed by atoms with E-state index in [9.17, 15) is 0 Å². The van der Waals surface area contributed by atoms with Crippen LogP contribution in [0.4, 0.5) is 0 Å². The number of aromatic nitrogens is 2. The van der Waals surface area contributed by atoms with Gasteiger partial charge in [-0.05, 0) is 47.5 Å². The molecule has 0 amide bonds. The topological polar surface area (TPSA) is 58.3 Å². The van der Waals surface area contributed by atoms with Crippen LogP contribution in [0.5, 0.6) is 0 Å². The van der Waals surface area contributed by atoms with Crippen molar-refractivity contribution in [2.24, 2.45) is 5.73 Å². The highest BCUT2D eigenvalue weighted by Gasteiger charge is 2.24. The van der Waals surface area contributed by atoms with E-state index in [-0.39, 0.29) is 12.1 Å². The van der Waals surface area contributed by atoms with Gasteiger partial charge in [0, 0.05) is 30.0 Å². The van der Waals surface area contributed by atoms with Crippen molar-refractivity contribution in [3.63, 3.8) is 0 Å². The van der Waals surface area contributed by atoms with E-state index in [1.165, 1.54) is 6.42 Å². The molecule has 0 bridgehead atoms. The molecule has 2 N–H and O–H groups in total. The lowest BCUT2D eigenvalue weighted by molar-refractivity contribution is 0.219. The van der Waals surface area contributed by atoms with Crippen molar-refractivity contribution in [1.82, 2.24) is 19.8 Å². The number of rotatable bonds is 2. The summed E-state index contributed by atoms with van der Waals surface area (Å²) in [6.07, 6.45) is 3.08. The minimum Gasteiger partial charge on any atom is -0.324 e. The van der Waals surface area contributed by atoms with Crippen molar-refractivity contribution in [1.29, 1.82) is 0 Å². The number of aryl methyl sites for hydroxylation is 1. The van der Waals surface area contributed by atoms with Gasteiger partial charge < -0.3 is 10.6 Å². The quantitative estimate of drug-likeness (QED) is 0.866. The van der Waals surface area contributed by atoms with Gasteiger partial charge in [-0.25, -0.2) is 9.97 Å². The van der Waals surface area contributed by atoms with Gasteiger partial charge >= 0.3 is 0 Å². The second-order valence-electron chi connectivity index (χ2n) is 5.67. The largest absolute Gasteiger partial charge is 0.324 e. The first-order chi connectivity index (χ1) is 8.99. The lowest BCUT2D eigenvalue weighted by atomic mass is 10.1. The molecule has 106 valence electrons. The van der Waals surface area contributed by atoms with Gasteiger partial charge in [-0.3, -0.25) is 4.90 Å². The Hall–Kier alpha value is -1.04. The van der Waals surface area contributed by atoms with E-state index >= 15 is 0 Å². The van der Waals surface area contributed by atoms with Gasteiger partial charge in [-0.15, -0.1) is 0 Å². The molecule has 19 heavy (non-hydrogen) atoms. The fourth-order valence-corrected chi connectivity index (χ4v) is 2.65. The van der Waals surface area contributed by atoms with Crippen LogP contribution in [0, 0.1) is 6.92 Å². The molecule has 0 radical (unpaired) electrons. The fourth-order valence-electron chi connectivity index (χ4n) is 2.65. The first-order valence-electron chi connectivity index (χ1n) is 6.97. The van der Waals surface area contributed by atoms with Crippen LogP contribution in [0.15, 0.2) is 6.20 Å². The van der Waals surface area contributed by atoms with E-state index in [0.717, 1.165) is 36.7 Å². The molecule has 1 aliphatic heterocycles. The Morgan fingerprint density at radius 2 is 2.11 bits per heavy atom. The van der Waals surface area contributed by atoms with Gasteiger partial charge in [0.05, 0.1) is 6.04 Å². The maximum Gasteiger partial charge on any atom is 0.146 e. The molecule has 2 atom stereocenters. The summed E-state index contributed by atoms with van der Waals surface area (Å²) in [6, 6.07) is 0.261. The number of likely N-dealkylation sites (N-methyl/N-ethyl adjacent to an activating group) is 2. The summed E-state index contributed by atoms with van der Waals surface area (Å²) in [5.74, 6) is 0.915. The predicted molar refractivity (Wildman–Crippen MR) is 76.9 cm³/mol. The molecular weight excluding hydrogens is 238 g/mol. The highest BCUT2D eigenvalue weighted by atomic mass is 15.2. The fraction of sp³-hybridized carbons (Fsp3) is 0.714. The van der Waals surface area contributed by atoms with Crippen molar-refractivity contribution >= 4 is 0 Å². The van der Waals surface area contributed by atoms with Gasteiger partial charge in [0.1, 0.15) is 5.82 Å². The Balaban J connectivity index is 2.27. The van der Waals surface area contributed by atoms with Crippen molar-refractivity contribution in [3.8, 4) is 0 Å². The second kappa shape index (κ2) is 5.94. The molecule has 1 aliphatic rings. The lowest BCUT2D eigenvalue weighted by Crippen LogP contribution is -2.32. The molecule has 5 nitrogen and oxygen atoms in total. The number of nitrogens with two attached hydrogens (primary N) is 1. The molecule has 0 aliphatic carbocycles. The zero-order valence-electron chi connectivity index (χ0n) is 12.4. The molecule has 1 fully saturated rings. The first kappa shape index (κ1) is 14.4. The molecule has 1 saturated heterocycles. The Labute approximate surface area is 115 Å². The highest BCUT2D eigenvalue weighted by Crippen LogP contribution is 2.22. The van der Waals surface area contributed by atoms with Gasteiger partial charge in [0.25, 0.3) is 0 Å². The van der Waals surface area contributed by atoms with Crippen LogP contribution < -0.4 is 5.73 Å². The minimum atomic E-state index is -0.0106. The molecule has 1 unspecified atom stereocenters. The monoisotopic (exact) mass is 263 g/mol. The van der Waals surface area contributed by atoms with Crippen molar-refractivity contribution in [3.05, 3.63) is 23.3 Å². The standard InChI is InChI=1S/C14H25N5/c1-10(15)12-8-16-14(17-11(12)2)13-9-18(3)6-5-7-19(13)4/h8,10,13H,5-7,9,15H2,1-4H3/t10-,13?/m0/s1. The van der Waals surface area contributed by atoms with E-state index in [0.29, 0.717) is 0 Å². The molecule has 0 spiro atoms. The van der Waals surface area contributed by atoms with Gasteiger partial charge in [-0.2, -0.15) is 0 Å². The Morgan fingerprint density at radius 3 is 2.74 bits per heavy atom. The third-order valence-corrected chi connectivity index (χ3v) is 3.89. The summed E-state index contributed by atoms with van der Waals surface area (Å²) in [5, 5.41) is 0. The number of hydrogen-bond donors (Lipinski definition) is 1. The molecule has 2 heterocycles. The predicted octanol–water partition coefficient (Wildman–Crippen LogP) is 1.11. The summed E-state index contributed by atoms with van der Waals surface area (Å²) < 4.78 is 0. The molecule has 1 aromatic heterocycles. The van der Waals surface area contributed by atoms with Gasteiger partial charge in [-0.1, -0.05) is 0 Å². The number of hydrogen-bond acceptors (Lipinski definition) is 5. The van der Waals surface area contributed by atoms with E-state index in [1.54, 1.807) is 0 Å². The highest BCUT2D eigenvalue weighted by molar-refractivity contribution is 5.20. The minimum absolute atomic E-state index is 0.0106. The lowest BCUT2D eigenvalue weighted by Gasteiger charge is -2.26. The van der Waals surface area contributed by atoms with Crippen LogP contribution >= 0.6 is 0 Å². The maximum atomic E-state index is 5.92. The molecule has 1 aromatic rings. The zero-order chi connectivity index (χ0) is 14.0. The smallest absolute Gasteiger partial charge is 0.146 e. The molecular formula is C14H25N5. The summed E-state index contributed by atoms with van der Waals surface area (Å²) >= 11 is 0. The van der Waals surface area contributed by atoms with Crippen LogP contribution in [-0.2, 0) is 0 Å². The van der Waals surface area contributed by atoms with Crippen LogP contribution in [-0.4, -0.2) is 53.5 Å². The molecule has 5 heteroatoms. The third kappa shape index (κ3) is 3.29. The molecule has 0 aromatic carbocycles. The summed E-state index contributed by atoms with van der Waals surface area (Å²) in [7, 11) is 4.32. The Kier molecular flexibility index (Phi) is 4.50. The van der Waals surface area contributed by atoms with Crippen molar-refractivity contribution < 1.29 is 0 Å². The maximum absolute atomic E-state index is 5.92. The van der Waals surface area contributed by atoms with Crippen LogP contribution in [0.25, 0.3) is 0 Å². The molecule has 0 saturated carbocycles. The second-order valence-corrected chi connectivity index (χ2v) is 5.67. The summed E-state index contributed by atoms with van der Waals surface area (Å²) in [4.78, 5) is 13.9. The van der Waals surface area contributed by atoms with Gasteiger partial charge in [0.2, 0.25) is 0 Å². The van der Waals surface area contributed by atoms with Crippen LogP contribution in [0.1, 0.15) is 42.5 Å². The average Bonchev–Trinajstić information content (AvgIpc) is 2.50. The van der Waals surface area contributed by atoms with Gasteiger partial charge in [0.15, 0.2) is 0 Å². The zero-order valence-corrected chi connectivity index (χ0v) is 12.4. The van der Waals surface area contributed by atoms with E-state index in [4.69, 9.17) is 5.73 Å². The Bertz CT molecular complexity index is 432. The van der Waals surface area contributed by atoms with E-state index in [1.807, 2.05) is 20.0 Å². The van der Waals surface area contributed by atoms with E-state index < -0.39 is 0 Å². The SMILES string of the molecule is Cc1nc(C2CN(C)CCCN2C)ncc1[C@H](C)N. The third-order valence-electron chi connectivity index (χ3n) is 3.89. The normalized spacial score (nSPS) is 24.2. The summed E-state index contributed by atoms with van der Waals surface area (Å²) in [5.41, 5.74) is 7.95. The Morgan fingerprint density at radius 1 is 1.37 bits per heavy atom. The van der Waals surface area contributed by atoms with Crippen molar-refractivity contribution in [2.75, 3.05) is 33.7 Å². The number of nitrogens with zero attached hydrogens (tertiary/aromatic N) is 4.